The van der Waals surface area contributed by atoms with E-state index in [4.69, 9.17) is 40.9 Å². The van der Waals surface area contributed by atoms with Crippen molar-refractivity contribution in [2.45, 2.75) is 16.9 Å². The smallest absolute Gasteiger partial charge is 0.189 e. The van der Waals surface area contributed by atoms with Gasteiger partial charge in [0.2, 0.25) is 0 Å². The van der Waals surface area contributed by atoms with Crippen LogP contribution in [0.3, 0.4) is 0 Å². The topological polar surface area (TPSA) is 63.1 Å². The predicted octanol–water partition coefficient (Wildman–Crippen LogP) is -2.53. The molecule has 1 aromatic carbocycles. The van der Waals surface area contributed by atoms with E-state index in [-0.39, 0.29) is 6.61 Å². The van der Waals surface area contributed by atoms with E-state index in [2.05, 4.69) is 10.3 Å². The minimum atomic E-state index is -1.57. The third kappa shape index (κ3) is 2.33. The molecule has 98 valence electrons. The Morgan fingerprint density at radius 1 is 1.33 bits per heavy atom. The van der Waals surface area contributed by atoms with Crippen molar-refractivity contribution in [2.24, 2.45) is 4.99 Å². The van der Waals surface area contributed by atoms with Gasteiger partial charge in [-0.25, -0.2) is 0 Å². The molecule has 0 saturated carbocycles. The van der Waals surface area contributed by atoms with Crippen LogP contribution in [0.1, 0.15) is 0 Å². The van der Waals surface area contributed by atoms with E-state index in [0.29, 0.717) is 22.8 Å². The molecule has 3 rings (SSSR count). The van der Waals surface area contributed by atoms with E-state index < -0.39 is 23.5 Å². The molecule has 0 spiro atoms. The SMILES string of the molecule is [B]c1ccc2c(c1)OCC(C1=NC([B])(CO)C([B])([B])N1)O2. The number of nitrogens with zero attached hydrogens (tertiary/aromatic N) is 1. The van der Waals surface area contributed by atoms with E-state index in [1.807, 2.05) is 0 Å². The highest BCUT2D eigenvalue weighted by Gasteiger charge is 2.46. The summed E-state index contributed by atoms with van der Waals surface area (Å²) in [6.07, 6.45) is -0.551. The molecule has 1 aromatic rings. The van der Waals surface area contributed by atoms with Crippen LogP contribution in [-0.4, -0.2) is 72.4 Å². The highest BCUT2D eigenvalue weighted by Crippen LogP contribution is 2.32. The van der Waals surface area contributed by atoms with Crippen LogP contribution in [0, 0.1) is 0 Å². The summed E-state index contributed by atoms with van der Waals surface area (Å²) in [6.45, 7) is -0.308. The van der Waals surface area contributed by atoms with Gasteiger partial charge in [0.1, 0.15) is 28.1 Å². The fourth-order valence-electron chi connectivity index (χ4n) is 2.20. The second kappa shape index (κ2) is 4.77. The Labute approximate surface area is 128 Å². The molecule has 0 aromatic heterocycles. The Kier molecular flexibility index (Phi) is 3.28. The molecular formula is C12H10B4N2O3. The molecule has 9 heteroatoms. The van der Waals surface area contributed by atoms with E-state index in [1.54, 1.807) is 18.2 Å². The molecule has 2 aliphatic rings. The van der Waals surface area contributed by atoms with Gasteiger partial charge in [-0.2, -0.15) is 0 Å². The molecule has 2 atom stereocenters. The van der Waals surface area contributed by atoms with Crippen LogP contribution in [0.2, 0.25) is 0 Å². The minimum Gasteiger partial charge on any atom is -0.485 e. The van der Waals surface area contributed by atoms with Crippen LogP contribution in [0.15, 0.2) is 23.2 Å². The number of aliphatic imine (C=N–C) groups is 1. The lowest BCUT2D eigenvalue weighted by Crippen LogP contribution is -2.62. The lowest BCUT2D eigenvalue weighted by Gasteiger charge is -2.36. The molecule has 0 bridgehead atoms. The molecule has 21 heavy (non-hydrogen) atoms. The summed E-state index contributed by atoms with van der Waals surface area (Å²) < 4.78 is 11.4. The summed E-state index contributed by atoms with van der Waals surface area (Å²) in [7, 11) is 23.2. The van der Waals surface area contributed by atoms with Crippen LogP contribution in [0.4, 0.5) is 0 Å². The maximum atomic E-state index is 9.35. The van der Waals surface area contributed by atoms with Crippen molar-refractivity contribution in [1.82, 2.24) is 5.32 Å². The van der Waals surface area contributed by atoms with E-state index in [0.717, 1.165) is 0 Å². The van der Waals surface area contributed by atoms with Gasteiger partial charge in [-0.1, -0.05) is 11.5 Å². The van der Waals surface area contributed by atoms with Gasteiger partial charge in [-0.3, -0.25) is 4.99 Å². The average molecular weight is 273 g/mol. The van der Waals surface area contributed by atoms with Crippen molar-refractivity contribution >= 4 is 42.7 Å². The zero-order valence-electron chi connectivity index (χ0n) is 11.2. The molecule has 5 nitrogen and oxygen atoms in total. The fraction of sp³-hybridized carbons (Fsp3) is 0.417. The van der Waals surface area contributed by atoms with Crippen LogP contribution in [0.5, 0.6) is 11.5 Å². The number of hydrogen-bond acceptors (Lipinski definition) is 5. The molecule has 2 N–H and O–H groups in total. The summed E-state index contributed by atoms with van der Waals surface area (Å²) >= 11 is 0. The number of aliphatic hydroxyl groups excluding tert-OH is 1. The van der Waals surface area contributed by atoms with Crippen molar-refractivity contribution in [1.29, 1.82) is 0 Å². The van der Waals surface area contributed by atoms with Crippen LogP contribution in [0.25, 0.3) is 0 Å². The monoisotopic (exact) mass is 274 g/mol. The Bertz CT molecular complexity index is 610. The highest BCUT2D eigenvalue weighted by atomic mass is 16.6. The Morgan fingerprint density at radius 3 is 2.76 bits per heavy atom. The first-order valence-corrected chi connectivity index (χ1v) is 6.39. The Hall–Kier alpha value is -1.49. The van der Waals surface area contributed by atoms with E-state index >= 15 is 0 Å². The summed E-state index contributed by atoms with van der Waals surface area (Å²) in [6, 6.07) is 5.07. The van der Waals surface area contributed by atoms with E-state index in [9.17, 15) is 5.11 Å². The Balaban J connectivity index is 1.84. The van der Waals surface area contributed by atoms with Gasteiger partial charge < -0.3 is 19.9 Å². The van der Waals surface area contributed by atoms with Crippen molar-refractivity contribution in [2.75, 3.05) is 13.2 Å². The van der Waals surface area contributed by atoms with Crippen molar-refractivity contribution in [3.05, 3.63) is 18.2 Å². The number of amidine groups is 1. The molecule has 2 heterocycles. The molecule has 0 saturated heterocycles. The first-order chi connectivity index (χ1) is 9.84. The lowest BCUT2D eigenvalue weighted by atomic mass is 9.46. The second-order valence-electron chi connectivity index (χ2n) is 5.20. The molecule has 0 fully saturated rings. The molecular weight excluding hydrogens is 263 g/mol. The molecule has 2 unspecified atom stereocenters. The predicted molar refractivity (Wildman–Crippen MR) is 82.1 cm³/mol. The molecule has 0 aliphatic carbocycles. The Morgan fingerprint density at radius 2 is 2.10 bits per heavy atom. The number of rotatable bonds is 2. The van der Waals surface area contributed by atoms with Gasteiger partial charge in [0.05, 0.1) is 27.7 Å². The number of fused-ring (bicyclic) bond motifs is 1. The van der Waals surface area contributed by atoms with Crippen molar-refractivity contribution in [3.63, 3.8) is 0 Å². The number of nitrogens with one attached hydrogen (secondary N) is 1. The maximum Gasteiger partial charge on any atom is 0.189 e. The fourth-order valence-corrected chi connectivity index (χ4v) is 2.20. The van der Waals surface area contributed by atoms with Crippen LogP contribution in [-0.2, 0) is 0 Å². The largest absolute Gasteiger partial charge is 0.485 e. The van der Waals surface area contributed by atoms with Gasteiger partial charge in [0, 0.05) is 0 Å². The van der Waals surface area contributed by atoms with Gasteiger partial charge in [-0.15, -0.1) is 0 Å². The molecule has 0 amide bonds. The third-order valence-corrected chi connectivity index (χ3v) is 3.54. The zero-order chi connectivity index (χ0) is 15.3. The van der Waals surface area contributed by atoms with Gasteiger partial charge in [-0.05, 0) is 17.5 Å². The summed E-state index contributed by atoms with van der Waals surface area (Å²) in [5.74, 6) is 1.42. The van der Waals surface area contributed by atoms with Gasteiger partial charge in [0.25, 0.3) is 0 Å². The van der Waals surface area contributed by atoms with E-state index in [1.165, 1.54) is 0 Å². The minimum absolute atomic E-state index is 0.194. The number of aliphatic hydroxyl groups is 1. The molecule has 8 radical (unpaired) electrons. The summed E-state index contributed by atoms with van der Waals surface area (Å²) in [5.41, 5.74) is -0.941. The normalized spacial score (nSPS) is 29.6. The quantitative estimate of drug-likeness (QED) is 0.584. The van der Waals surface area contributed by atoms with Crippen molar-refractivity contribution < 1.29 is 14.6 Å². The number of hydrogen-bond donors (Lipinski definition) is 2. The number of ether oxygens (including phenoxy) is 2. The van der Waals surface area contributed by atoms with Gasteiger partial charge in [0.15, 0.2) is 17.6 Å². The first-order valence-electron chi connectivity index (χ1n) is 6.39. The van der Waals surface area contributed by atoms with Gasteiger partial charge >= 0.3 is 0 Å². The first kappa shape index (κ1) is 14.4. The average Bonchev–Trinajstić information content (AvgIpc) is 2.69. The zero-order valence-corrected chi connectivity index (χ0v) is 11.2. The number of benzene rings is 1. The lowest BCUT2D eigenvalue weighted by molar-refractivity contribution is 0.133. The second-order valence-corrected chi connectivity index (χ2v) is 5.20. The standard InChI is InChI=1S/C12H10B4N2O3/c13-6-1-2-7-8(3-6)20-4-9(21-7)10-17-11(14,5-19)12(15,16)18-10/h1-3,9,19H,4-5H2,(H,17,18). The maximum absolute atomic E-state index is 9.35. The molecule has 2 aliphatic heterocycles. The van der Waals surface area contributed by atoms with Crippen LogP contribution >= 0.6 is 0 Å². The summed E-state index contributed by atoms with van der Waals surface area (Å²) in [4.78, 5) is 4.16. The van der Waals surface area contributed by atoms with Crippen molar-refractivity contribution in [3.8, 4) is 11.5 Å². The van der Waals surface area contributed by atoms with Crippen LogP contribution < -0.4 is 20.3 Å². The third-order valence-electron chi connectivity index (χ3n) is 3.54. The highest BCUT2D eigenvalue weighted by molar-refractivity contribution is 6.47. The summed E-state index contributed by atoms with van der Waals surface area (Å²) in [5, 5.41) is 10.6.